The summed E-state index contributed by atoms with van der Waals surface area (Å²) in [6, 6.07) is 18.6. The maximum atomic E-state index is 12.2. The number of hydrogen-bond acceptors (Lipinski definition) is 6. The molecule has 2 aromatic carbocycles. The first-order chi connectivity index (χ1) is 15.1. The summed E-state index contributed by atoms with van der Waals surface area (Å²) in [6.07, 6.45) is 3.52. The predicted octanol–water partition coefficient (Wildman–Crippen LogP) is 4.04. The third kappa shape index (κ3) is 5.24. The number of anilines is 3. The zero-order valence-corrected chi connectivity index (χ0v) is 17.2. The van der Waals surface area contributed by atoms with Crippen LogP contribution in [0.5, 0.6) is 5.75 Å². The molecule has 31 heavy (non-hydrogen) atoms. The molecule has 0 saturated carbocycles. The van der Waals surface area contributed by atoms with Gasteiger partial charge < -0.3 is 15.4 Å². The number of carbonyl (C=O) groups is 1. The molecule has 2 heterocycles. The summed E-state index contributed by atoms with van der Waals surface area (Å²) in [5, 5.41) is 10.3. The van der Waals surface area contributed by atoms with Gasteiger partial charge in [-0.1, -0.05) is 18.2 Å². The molecule has 4 rings (SSSR count). The van der Waals surface area contributed by atoms with Crippen LogP contribution in [-0.4, -0.2) is 32.3 Å². The third-order valence-electron chi connectivity index (χ3n) is 4.46. The van der Waals surface area contributed by atoms with E-state index in [0.717, 1.165) is 11.3 Å². The van der Waals surface area contributed by atoms with E-state index in [2.05, 4.69) is 25.7 Å². The maximum absolute atomic E-state index is 12.2. The summed E-state index contributed by atoms with van der Waals surface area (Å²) in [7, 11) is 0. The minimum Gasteiger partial charge on any atom is -0.483 e. The van der Waals surface area contributed by atoms with E-state index in [9.17, 15) is 4.79 Å². The molecule has 0 unspecified atom stereocenters. The maximum Gasteiger partial charge on any atom is 0.262 e. The van der Waals surface area contributed by atoms with Gasteiger partial charge in [-0.05, 0) is 55.8 Å². The Bertz CT molecular complexity index is 1170. The van der Waals surface area contributed by atoms with Crippen LogP contribution in [0.4, 0.5) is 17.2 Å². The van der Waals surface area contributed by atoms with Crippen LogP contribution >= 0.6 is 0 Å². The van der Waals surface area contributed by atoms with Gasteiger partial charge >= 0.3 is 0 Å². The second-order valence-electron chi connectivity index (χ2n) is 6.91. The zero-order valence-electron chi connectivity index (χ0n) is 17.2. The fourth-order valence-electron chi connectivity index (χ4n) is 2.98. The molecule has 156 valence electrons. The quantitative estimate of drug-likeness (QED) is 0.474. The molecule has 0 aliphatic rings. The van der Waals surface area contributed by atoms with Gasteiger partial charge in [0.1, 0.15) is 17.4 Å². The van der Waals surface area contributed by atoms with Crippen molar-refractivity contribution >= 4 is 23.1 Å². The van der Waals surface area contributed by atoms with Crippen molar-refractivity contribution in [2.75, 3.05) is 17.2 Å². The van der Waals surface area contributed by atoms with Crippen LogP contribution in [0.25, 0.3) is 5.82 Å². The molecule has 0 bridgehead atoms. The van der Waals surface area contributed by atoms with Crippen LogP contribution < -0.4 is 15.4 Å². The Morgan fingerprint density at radius 1 is 1.00 bits per heavy atom. The largest absolute Gasteiger partial charge is 0.483 e. The normalized spacial score (nSPS) is 10.5. The Hall–Kier alpha value is -4.20. The van der Waals surface area contributed by atoms with Crippen LogP contribution in [0.3, 0.4) is 0 Å². The first kappa shape index (κ1) is 20.1. The Balaban J connectivity index is 1.36. The molecule has 0 atom stereocenters. The number of amides is 1. The fourth-order valence-corrected chi connectivity index (χ4v) is 2.98. The third-order valence-corrected chi connectivity index (χ3v) is 4.46. The first-order valence-corrected chi connectivity index (χ1v) is 9.78. The molecule has 0 radical (unpaired) electrons. The summed E-state index contributed by atoms with van der Waals surface area (Å²) < 4.78 is 7.26. The van der Waals surface area contributed by atoms with Gasteiger partial charge in [0.25, 0.3) is 5.91 Å². The average molecular weight is 414 g/mol. The molecule has 0 spiro atoms. The first-order valence-electron chi connectivity index (χ1n) is 9.78. The van der Waals surface area contributed by atoms with E-state index in [1.165, 1.54) is 0 Å². The minimum atomic E-state index is -0.223. The molecular weight excluding hydrogens is 392 g/mol. The fraction of sp³-hybridized carbons (Fsp3) is 0.130. The molecule has 8 nitrogen and oxygen atoms in total. The highest BCUT2D eigenvalue weighted by molar-refractivity contribution is 5.92. The van der Waals surface area contributed by atoms with Gasteiger partial charge in [0, 0.05) is 29.8 Å². The molecule has 0 fully saturated rings. The van der Waals surface area contributed by atoms with Crippen molar-refractivity contribution in [2.45, 2.75) is 13.8 Å². The molecule has 2 N–H and O–H groups in total. The predicted molar refractivity (Wildman–Crippen MR) is 119 cm³/mol. The molecule has 4 aromatic rings. The van der Waals surface area contributed by atoms with E-state index in [1.807, 2.05) is 80.7 Å². The summed E-state index contributed by atoms with van der Waals surface area (Å²) in [5.74, 6) is 2.44. The number of nitrogens with zero attached hydrogens (tertiary/aromatic N) is 4. The van der Waals surface area contributed by atoms with Gasteiger partial charge in [-0.3, -0.25) is 4.79 Å². The molecule has 0 saturated heterocycles. The Morgan fingerprint density at radius 3 is 2.52 bits per heavy atom. The summed E-state index contributed by atoms with van der Waals surface area (Å²) in [6.45, 7) is 3.72. The van der Waals surface area contributed by atoms with Crippen LogP contribution in [0.15, 0.2) is 73.1 Å². The van der Waals surface area contributed by atoms with Gasteiger partial charge in [0.05, 0.1) is 0 Å². The van der Waals surface area contributed by atoms with Crippen LogP contribution in [0, 0.1) is 13.8 Å². The smallest absolute Gasteiger partial charge is 0.262 e. The van der Waals surface area contributed by atoms with Gasteiger partial charge in [-0.25, -0.2) is 14.6 Å². The standard InChI is InChI=1S/C23H22N6O2/c1-16-6-3-4-7-20(16)31-15-23(30)28-19-10-8-18(9-11-19)27-21-14-22(26-17(2)25-21)29-13-5-12-24-29/h3-14H,15H2,1-2H3,(H,28,30)(H,25,26,27). The lowest BCUT2D eigenvalue weighted by atomic mass is 10.2. The Kier molecular flexibility index (Phi) is 5.89. The molecular formula is C23H22N6O2. The summed E-state index contributed by atoms with van der Waals surface area (Å²) in [4.78, 5) is 21.0. The van der Waals surface area contributed by atoms with Crippen molar-refractivity contribution in [3.8, 4) is 11.6 Å². The van der Waals surface area contributed by atoms with E-state index in [-0.39, 0.29) is 12.5 Å². The zero-order chi connectivity index (χ0) is 21.6. The number of aromatic nitrogens is 4. The number of para-hydroxylation sites is 1. The van der Waals surface area contributed by atoms with E-state index in [0.29, 0.717) is 28.9 Å². The van der Waals surface area contributed by atoms with Crippen molar-refractivity contribution in [1.29, 1.82) is 0 Å². The lowest BCUT2D eigenvalue weighted by Crippen LogP contribution is -2.20. The van der Waals surface area contributed by atoms with Gasteiger partial charge in [-0.2, -0.15) is 5.10 Å². The molecule has 0 aliphatic carbocycles. The minimum absolute atomic E-state index is 0.0543. The van der Waals surface area contributed by atoms with E-state index in [4.69, 9.17) is 4.74 Å². The highest BCUT2D eigenvalue weighted by Gasteiger charge is 2.07. The monoisotopic (exact) mass is 414 g/mol. The number of benzene rings is 2. The molecule has 8 heteroatoms. The van der Waals surface area contributed by atoms with Crippen molar-refractivity contribution in [3.05, 3.63) is 84.4 Å². The topological polar surface area (TPSA) is 94.0 Å². The number of hydrogen-bond donors (Lipinski definition) is 2. The highest BCUT2D eigenvalue weighted by Crippen LogP contribution is 2.20. The van der Waals surface area contributed by atoms with Crippen molar-refractivity contribution in [3.63, 3.8) is 0 Å². The lowest BCUT2D eigenvalue weighted by Gasteiger charge is -2.11. The number of ether oxygens (including phenoxy) is 1. The number of aryl methyl sites for hydroxylation is 2. The van der Waals surface area contributed by atoms with Gasteiger partial charge in [-0.15, -0.1) is 0 Å². The molecule has 1 amide bonds. The number of carbonyl (C=O) groups excluding carboxylic acids is 1. The van der Waals surface area contributed by atoms with Crippen LogP contribution in [0.2, 0.25) is 0 Å². The summed E-state index contributed by atoms with van der Waals surface area (Å²) in [5.41, 5.74) is 2.50. The number of rotatable bonds is 7. The Morgan fingerprint density at radius 2 is 1.77 bits per heavy atom. The number of nitrogens with one attached hydrogen (secondary N) is 2. The van der Waals surface area contributed by atoms with E-state index < -0.39 is 0 Å². The van der Waals surface area contributed by atoms with Gasteiger partial charge in [0.15, 0.2) is 12.4 Å². The summed E-state index contributed by atoms with van der Waals surface area (Å²) >= 11 is 0. The van der Waals surface area contributed by atoms with Crippen molar-refractivity contribution in [2.24, 2.45) is 0 Å². The van der Waals surface area contributed by atoms with Crippen molar-refractivity contribution < 1.29 is 9.53 Å². The SMILES string of the molecule is Cc1nc(Nc2ccc(NC(=O)COc3ccccc3C)cc2)cc(-n2cccn2)n1. The molecule has 0 aliphatic heterocycles. The van der Waals surface area contributed by atoms with E-state index in [1.54, 1.807) is 10.9 Å². The Labute approximate surface area is 179 Å². The second kappa shape index (κ2) is 9.08. The van der Waals surface area contributed by atoms with Crippen LogP contribution in [0.1, 0.15) is 11.4 Å². The second-order valence-corrected chi connectivity index (χ2v) is 6.91. The van der Waals surface area contributed by atoms with Crippen LogP contribution in [-0.2, 0) is 4.79 Å². The lowest BCUT2D eigenvalue weighted by molar-refractivity contribution is -0.118. The molecule has 2 aromatic heterocycles. The average Bonchev–Trinajstić information content (AvgIpc) is 3.29. The van der Waals surface area contributed by atoms with Gasteiger partial charge in [0.2, 0.25) is 0 Å². The van der Waals surface area contributed by atoms with Crippen molar-refractivity contribution in [1.82, 2.24) is 19.7 Å². The van der Waals surface area contributed by atoms with E-state index >= 15 is 0 Å². The highest BCUT2D eigenvalue weighted by atomic mass is 16.5.